The van der Waals surface area contributed by atoms with Crippen molar-refractivity contribution < 1.29 is 29.6 Å². The highest BCUT2D eigenvalue weighted by Crippen LogP contribution is 2.38. The van der Waals surface area contributed by atoms with E-state index >= 15 is 0 Å². The summed E-state index contributed by atoms with van der Waals surface area (Å²) in [4.78, 5) is 13.4. The molecule has 0 saturated carbocycles. The van der Waals surface area contributed by atoms with E-state index in [0.717, 1.165) is 9.37 Å². The molecule has 10 heteroatoms. The summed E-state index contributed by atoms with van der Waals surface area (Å²) < 4.78 is 11.4. The zero-order chi connectivity index (χ0) is 16.7. The second-order valence-corrected chi connectivity index (χ2v) is 6.17. The lowest BCUT2D eigenvalue weighted by Gasteiger charge is -2.39. The Balaban J connectivity index is 1.97. The van der Waals surface area contributed by atoms with Crippen molar-refractivity contribution in [1.29, 1.82) is 0 Å². The number of hydrogen-bond donors (Lipinski definition) is 5. The molecule has 6 N–H and O–H groups in total. The van der Waals surface area contributed by atoms with Crippen molar-refractivity contribution in [2.45, 2.75) is 30.7 Å². The minimum atomic E-state index is -1.41. The number of aliphatic hydroxyl groups is 3. The summed E-state index contributed by atoms with van der Waals surface area (Å²) in [6.45, 7) is -0.500. The molecule has 1 fully saturated rings. The van der Waals surface area contributed by atoms with Crippen LogP contribution in [0.5, 0.6) is 5.75 Å². The largest absolute Gasteiger partial charge is 0.419 e. The average Bonchev–Trinajstić information content (AvgIpc) is 2.82. The highest BCUT2D eigenvalue weighted by atomic mass is 79.9. The van der Waals surface area contributed by atoms with Crippen LogP contribution in [0.2, 0.25) is 0 Å². The van der Waals surface area contributed by atoms with E-state index in [-0.39, 0.29) is 0 Å². The van der Waals surface area contributed by atoms with Crippen LogP contribution in [0.3, 0.4) is 0 Å². The van der Waals surface area contributed by atoms with Gasteiger partial charge in [-0.15, -0.1) is 0 Å². The van der Waals surface area contributed by atoms with Gasteiger partial charge in [-0.1, -0.05) is 15.9 Å². The van der Waals surface area contributed by atoms with Gasteiger partial charge in [0, 0.05) is 10.0 Å². The molecule has 3 rings (SSSR count). The lowest BCUT2D eigenvalue weighted by atomic mass is 10.1. The van der Waals surface area contributed by atoms with Crippen LogP contribution in [0, 0.1) is 0 Å². The highest BCUT2D eigenvalue weighted by molar-refractivity contribution is 9.10. The van der Waals surface area contributed by atoms with Gasteiger partial charge in [0.05, 0.1) is 6.61 Å². The Morgan fingerprint density at radius 1 is 1.35 bits per heavy atom. The van der Waals surface area contributed by atoms with E-state index in [1.807, 2.05) is 0 Å². The first-order valence-corrected chi connectivity index (χ1v) is 7.65. The third-order valence-electron chi connectivity index (χ3n) is 3.90. The Morgan fingerprint density at radius 3 is 2.70 bits per heavy atom. The lowest BCUT2D eigenvalue weighted by Crippen LogP contribution is -2.56. The van der Waals surface area contributed by atoms with E-state index in [2.05, 4.69) is 21.4 Å². The number of ether oxygens (including phenoxy) is 2. The molecule has 0 radical (unpaired) electrons. The minimum absolute atomic E-state index is 0.323. The average molecular weight is 390 g/mol. The summed E-state index contributed by atoms with van der Waals surface area (Å²) in [5, 5.41) is 29.2. The molecule has 1 amide bonds. The topological polar surface area (TPSA) is 138 Å². The van der Waals surface area contributed by atoms with E-state index in [1.165, 1.54) is 0 Å². The fourth-order valence-electron chi connectivity index (χ4n) is 2.76. The molecule has 2 aliphatic heterocycles. The number of amides is 1. The molecular weight excluding hydrogens is 374 g/mol. The first-order chi connectivity index (χ1) is 11.0. The van der Waals surface area contributed by atoms with Crippen LogP contribution in [0.25, 0.3) is 0 Å². The van der Waals surface area contributed by atoms with Crippen LogP contribution >= 0.6 is 15.9 Å². The molecule has 126 valence electrons. The molecule has 0 aliphatic carbocycles. The van der Waals surface area contributed by atoms with Crippen molar-refractivity contribution in [2.24, 2.45) is 5.84 Å². The fourth-order valence-corrected chi connectivity index (χ4v) is 3.14. The van der Waals surface area contributed by atoms with Crippen LogP contribution < -0.4 is 16.0 Å². The van der Waals surface area contributed by atoms with Gasteiger partial charge in [0.2, 0.25) is 0 Å². The second-order valence-electron chi connectivity index (χ2n) is 5.26. The van der Waals surface area contributed by atoms with Gasteiger partial charge < -0.3 is 24.8 Å². The van der Waals surface area contributed by atoms with E-state index in [0.29, 0.717) is 11.3 Å². The molecule has 5 atom stereocenters. The van der Waals surface area contributed by atoms with Crippen molar-refractivity contribution in [3.63, 3.8) is 0 Å². The smallest absolute Gasteiger partial charge is 0.410 e. The number of nitrogens with two attached hydrogens (primary N) is 1. The van der Waals surface area contributed by atoms with E-state index in [1.54, 1.807) is 18.2 Å². The Kier molecular flexibility index (Phi) is 4.56. The minimum Gasteiger partial charge on any atom is -0.410 e. The van der Waals surface area contributed by atoms with Gasteiger partial charge in [0.25, 0.3) is 0 Å². The number of nitrogens with one attached hydrogen (secondary N) is 1. The van der Waals surface area contributed by atoms with Crippen LogP contribution in [-0.4, -0.2) is 57.5 Å². The number of benzene rings is 1. The van der Waals surface area contributed by atoms with Crippen LogP contribution in [0.1, 0.15) is 11.7 Å². The predicted molar refractivity (Wildman–Crippen MR) is 79.8 cm³/mol. The van der Waals surface area contributed by atoms with Crippen LogP contribution in [0.4, 0.5) is 4.79 Å². The number of hydrogen-bond acceptors (Lipinski definition) is 8. The van der Waals surface area contributed by atoms with E-state index in [9.17, 15) is 20.1 Å². The van der Waals surface area contributed by atoms with E-state index < -0.39 is 43.4 Å². The molecular formula is C13H16BrN3O6. The number of hydrazine groups is 1. The Labute approximate surface area is 139 Å². The van der Waals surface area contributed by atoms with Gasteiger partial charge in [0.15, 0.2) is 6.23 Å². The second kappa shape index (κ2) is 6.32. The summed E-state index contributed by atoms with van der Waals surface area (Å²) in [5.74, 6) is 5.90. The Bertz CT molecular complexity index is 617. The SMILES string of the molecule is NNC1c2cc(Br)ccc2OC(=O)N1[C@@H]1O[C@H](CO)[C@@H](O)[C@H]1O. The molecule has 1 aromatic carbocycles. The highest BCUT2D eigenvalue weighted by Gasteiger charge is 2.50. The van der Waals surface area contributed by atoms with Gasteiger partial charge in [-0.25, -0.2) is 10.2 Å². The van der Waals surface area contributed by atoms with Gasteiger partial charge in [0.1, 0.15) is 30.2 Å². The van der Waals surface area contributed by atoms with Crippen molar-refractivity contribution in [2.75, 3.05) is 6.61 Å². The molecule has 23 heavy (non-hydrogen) atoms. The number of rotatable bonds is 3. The number of nitrogens with zero attached hydrogens (tertiary/aromatic N) is 1. The molecule has 2 aliphatic rings. The monoisotopic (exact) mass is 389 g/mol. The maximum atomic E-state index is 12.3. The van der Waals surface area contributed by atoms with Crippen molar-refractivity contribution >= 4 is 22.0 Å². The Morgan fingerprint density at radius 2 is 2.09 bits per heavy atom. The van der Waals surface area contributed by atoms with Gasteiger partial charge in [-0.3, -0.25) is 10.7 Å². The van der Waals surface area contributed by atoms with Crippen molar-refractivity contribution in [3.05, 3.63) is 28.2 Å². The maximum Gasteiger partial charge on any atom is 0.419 e. The number of fused-ring (bicyclic) bond motifs is 1. The summed E-state index contributed by atoms with van der Waals surface area (Å²) >= 11 is 3.33. The molecule has 1 unspecified atom stereocenters. The van der Waals surface area contributed by atoms with Crippen LogP contribution in [-0.2, 0) is 4.74 Å². The summed E-state index contributed by atoms with van der Waals surface area (Å²) in [5.41, 5.74) is 3.04. The molecule has 1 saturated heterocycles. The maximum absolute atomic E-state index is 12.3. The summed E-state index contributed by atoms with van der Waals surface area (Å²) in [6, 6.07) is 5.03. The molecule has 0 aromatic heterocycles. The quantitative estimate of drug-likeness (QED) is 0.333. The number of carbonyl (C=O) groups excluding carboxylic acids is 1. The zero-order valence-corrected chi connectivity index (χ0v) is 13.4. The first-order valence-electron chi connectivity index (χ1n) is 6.86. The standard InChI is InChI=1S/C13H16BrN3O6/c14-5-1-2-7-6(3-5)11(16-15)17(13(21)23-7)12-10(20)9(19)8(4-18)22-12/h1-3,8-12,16,18-20H,4,15H2/t8-,9-,10-,11?,12-/m1/s1. The normalized spacial score (nSPS) is 33.5. The Hall–Kier alpha value is -1.27. The number of halogens is 1. The zero-order valence-electron chi connectivity index (χ0n) is 11.8. The van der Waals surface area contributed by atoms with Gasteiger partial charge in [-0.2, -0.15) is 0 Å². The molecule has 0 bridgehead atoms. The molecule has 1 aromatic rings. The molecule has 2 heterocycles. The van der Waals surface area contributed by atoms with E-state index in [4.69, 9.17) is 15.3 Å². The van der Waals surface area contributed by atoms with Crippen molar-refractivity contribution in [3.8, 4) is 5.75 Å². The van der Waals surface area contributed by atoms with Crippen molar-refractivity contribution in [1.82, 2.24) is 10.3 Å². The van der Waals surface area contributed by atoms with Gasteiger partial charge in [-0.05, 0) is 18.2 Å². The third-order valence-corrected chi connectivity index (χ3v) is 4.40. The first kappa shape index (κ1) is 16.6. The lowest BCUT2D eigenvalue weighted by molar-refractivity contribution is -0.107. The molecule has 9 nitrogen and oxygen atoms in total. The van der Waals surface area contributed by atoms with Gasteiger partial charge >= 0.3 is 6.09 Å². The number of carbonyl (C=O) groups is 1. The summed E-state index contributed by atoms with van der Waals surface area (Å²) in [6.07, 6.45) is -6.61. The summed E-state index contributed by atoms with van der Waals surface area (Å²) in [7, 11) is 0. The van der Waals surface area contributed by atoms with Crippen LogP contribution in [0.15, 0.2) is 22.7 Å². The third kappa shape index (κ3) is 2.72. The fraction of sp³-hybridized carbons (Fsp3) is 0.462. The predicted octanol–water partition coefficient (Wildman–Crippen LogP) is -0.836. The molecule has 0 spiro atoms. The number of aliphatic hydroxyl groups excluding tert-OH is 3.